The van der Waals surface area contributed by atoms with Crippen LogP contribution in [0.4, 0.5) is 5.13 Å². The number of rotatable bonds is 4. The van der Waals surface area contributed by atoms with Crippen molar-refractivity contribution in [3.05, 3.63) is 23.2 Å². The summed E-state index contributed by atoms with van der Waals surface area (Å²) in [7, 11) is 0. The molecule has 2 aromatic rings. The first-order valence-corrected chi connectivity index (χ1v) is 7.88. The molecular weight excluding hydrogens is 280 g/mol. The molecule has 1 aliphatic rings. The van der Waals surface area contributed by atoms with Gasteiger partial charge in [-0.3, -0.25) is 0 Å². The number of ether oxygens (including phenoxy) is 1. The van der Waals surface area contributed by atoms with Crippen LogP contribution in [0.15, 0.2) is 18.2 Å². The van der Waals surface area contributed by atoms with Crippen LogP contribution < -0.4 is 5.32 Å². The average molecular weight is 297 g/mol. The Hall–Kier alpha value is -0.840. The second kappa shape index (κ2) is 5.65. The summed E-state index contributed by atoms with van der Waals surface area (Å²) >= 11 is 7.79. The molecule has 0 amide bonds. The number of hydrogen-bond acceptors (Lipinski definition) is 4. The number of hydrogen-bond donors (Lipinski definition) is 1. The van der Waals surface area contributed by atoms with Gasteiger partial charge in [-0.25, -0.2) is 4.98 Å². The SMILES string of the molecule is CCC1OCCC1CNc1nc2cccc(Cl)c2s1. The third-order valence-corrected chi connectivity index (χ3v) is 5.12. The summed E-state index contributed by atoms with van der Waals surface area (Å²) < 4.78 is 6.76. The van der Waals surface area contributed by atoms with Crippen molar-refractivity contribution in [2.45, 2.75) is 25.9 Å². The third kappa shape index (κ3) is 2.71. The van der Waals surface area contributed by atoms with Crippen molar-refractivity contribution in [1.82, 2.24) is 4.98 Å². The maximum atomic E-state index is 6.17. The van der Waals surface area contributed by atoms with Crippen LogP contribution in [0.25, 0.3) is 10.2 Å². The number of thiazole rings is 1. The van der Waals surface area contributed by atoms with Crippen molar-refractivity contribution in [2.24, 2.45) is 5.92 Å². The van der Waals surface area contributed by atoms with Gasteiger partial charge in [0.1, 0.15) is 0 Å². The molecule has 2 atom stereocenters. The maximum absolute atomic E-state index is 6.17. The van der Waals surface area contributed by atoms with Crippen LogP contribution in [0.2, 0.25) is 5.02 Å². The quantitative estimate of drug-likeness (QED) is 0.919. The second-order valence-electron chi connectivity index (χ2n) is 4.85. The maximum Gasteiger partial charge on any atom is 0.183 e. The van der Waals surface area contributed by atoms with E-state index in [0.29, 0.717) is 12.0 Å². The van der Waals surface area contributed by atoms with E-state index in [9.17, 15) is 0 Å². The van der Waals surface area contributed by atoms with Crippen molar-refractivity contribution in [3.63, 3.8) is 0 Å². The van der Waals surface area contributed by atoms with Crippen LogP contribution in [0.5, 0.6) is 0 Å². The number of nitrogens with zero attached hydrogens (tertiary/aromatic N) is 1. The summed E-state index contributed by atoms with van der Waals surface area (Å²) in [5.74, 6) is 0.590. The molecule has 19 heavy (non-hydrogen) atoms. The Kier molecular flexibility index (Phi) is 3.91. The Balaban J connectivity index is 1.70. The van der Waals surface area contributed by atoms with E-state index in [1.54, 1.807) is 11.3 Å². The molecule has 2 heterocycles. The van der Waals surface area contributed by atoms with Crippen molar-refractivity contribution < 1.29 is 4.74 Å². The van der Waals surface area contributed by atoms with Crippen molar-refractivity contribution >= 4 is 38.3 Å². The summed E-state index contributed by atoms with van der Waals surface area (Å²) in [6.45, 7) is 3.99. The zero-order valence-corrected chi connectivity index (χ0v) is 12.4. The first-order valence-electron chi connectivity index (χ1n) is 6.68. The molecular formula is C14H17ClN2OS. The van der Waals surface area contributed by atoms with Gasteiger partial charge in [0.15, 0.2) is 5.13 Å². The fourth-order valence-electron chi connectivity index (χ4n) is 2.59. The van der Waals surface area contributed by atoms with Crippen LogP contribution in [-0.4, -0.2) is 24.2 Å². The van der Waals surface area contributed by atoms with E-state index in [-0.39, 0.29) is 0 Å². The monoisotopic (exact) mass is 296 g/mol. The van der Waals surface area contributed by atoms with Crippen molar-refractivity contribution in [2.75, 3.05) is 18.5 Å². The summed E-state index contributed by atoms with van der Waals surface area (Å²) in [6.07, 6.45) is 2.61. The topological polar surface area (TPSA) is 34.1 Å². The number of benzene rings is 1. The van der Waals surface area contributed by atoms with Gasteiger partial charge in [0, 0.05) is 19.1 Å². The van der Waals surface area contributed by atoms with Gasteiger partial charge in [-0.15, -0.1) is 0 Å². The molecule has 5 heteroatoms. The van der Waals surface area contributed by atoms with E-state index >= 15 is 0 Å². The van der Waals surface area contributed by atoms with E-state index in [2.05, 4.69) is 17.2 Å². The molecule has 0 spiro atoms. The number of halogens is 1. The van der Waals surface area contributed by atoms with Gasteiger partial charge in [-0.05, 0) is 25.0 Å². The van der Waals surface area contributed by atoms with Crippen LogP contribution in [-0.2, 0) is 4.74 Å². The Morgan fingerprint density at radius 2 is 2.42 bits per heavy atom. The number of aromatic nitrogens is 1. The molecule has 1 aromatic carbocycles. The van der Waals surface area contributed by atoms with E-state index < -0.39 is 0 Å². The van der Waals surface area contributed by atoms with E-state index in [1.807, 2.05) is 18.2 Å². The molecule has 3 rings (SSSR count). The number of nitrogens with one attached hydrogen (secondary N) is 1. The molecule has 3 nitrogen and oxygen atoms in total. The zero-order valence-electron chi connectivity index (χ0n) is 10.9. The van der Waals surface area contributed by atoms with E-state index in [1.165, 1.54) is 0 Å². The van der Waals surface area contributed by atoms with E-state index in [4.69, 9.17) is 16.3 Å². The smallest absolute Gasteiger partial charge is 0.183 e. The Bertz CT molecular complexity index is 572. The van der Waals surface area contributed by atoms with Gasteiger partial charge in [0.2, 0.25) is 0 Å². The minimum absolute atomic E-state index is 0.394. The summed E-state index contributed by atoms with van der Waals surface area (Å²) in [4.78, 5) is 4.57. The lowest BCUT2D eigenvalue weighted by Gasteiger charge is -2.16. The average Bonchev–Trinajstić information content (AvgIpc) is 3.02. The van der Waals surface area contributed by atoms with Gasteiger partial charge < -0.3 is 10.1 Å². The normalized spacial score (nSPS) is 23.1. The highest BCUT2D eigenvalue weighted by atomic mass is 35.5. The minimum Gasteiger partial charge on any atom is -0.378 e. The van der Waals surface area contributed by atoms with Gasteiger partial charge in [0.25, 0.3) is 0 Å². The van der Waals surface area contributed by atoms with Crippen LogP contribution in [0, 0.1) is 5.92 Å². The molecule has 1 saturated heterocycles. The summed E-state index contributed by atoms with van der Waals surface area (Å²) in [5.41, 5.74) is 0.967. The molecule has 1 aromatic heterocycles. The molecule has 0 saturated carbocycles. The molecule has 2 unspecified atom stereocenters. The number of anilines is 1. The highest BCUT2D eigenvalue weighted by molar-refractivity contribution is 7.22. The van der Waals surface area contributed by atoms with Crippen LogP contribution in [0.1, 0.15) is 19.8 Å². The second-order valence-corrected chi connectivity index (χ2v) is 6.26. The first-order chi connectivity index (χ1) is 9.28. The predicted molar refractivity (Wildman–Crippen MR) is 81.3 cm³/mol. The van der Waals surface area contributed by atoms with Crippen LogP contribution in [0.3, 0.4) is 0 Å². The first kappa shape index (κ1) is 13.2. The lowest BCUT2D eigenvalue weighted by molar-refractivity contribution is 0.0900. The third-order valence-electron chi connectivity index (χ3n) is 3.63. The Morgan fingerprint density at radius 3 is 3.21 bits per heavy atom. The minimum atomic E-state index is 0.394. The molecule has 1 N–H and O–H groups in total. The lowest BCUT2D eigenvalue weighted by atomic mass is 10.00. The van der Waals surface area contributed by atoms with Crippen molar-refractivity contribution in [3.8, 4) is 0 Å². The number of fused-ring (bicyclic) bond motifs is 1. The summed E-state index contributed by atoms with van der Waals surface area (Å²) in [5, 5.41) is 5.16. The molecule has 0 bridgehead atoms. The van der Waals surface area contributed by atoms with Gasteiger partial charge in [-0.1, -0.05) is 35.9 Å². The fraction of sp³-hybridized carbons (Fsp3) is 0.500. The molecule has 1 fully saturated rings. The molecule has 102 valence electrons. The van der Waals surface area contributed by atoms with Crippen molar-refractivity contribution in [1.29, 1.82) is 0 Å². The summed E-state index contributed by atoms with van der Waals surface area (Å²) in [6, 6.07) is 5.84. The largest absolute Gasteiger partial charge is 0.378 e. The van der Waals surface area contributed by atoms with Gasteiger partial charge in [0.05, 0.1) is 21.3 Å². The zero-order chi connectivity index (χ0) is 13.2. The molecule has 1 aliphatic heterocycles. The molecule has 0 aliphatic carbocycles. The van der Waals surface area contributed by atoms with E-state index in [0.717, 1.165) is 46.4 Å². The highest BCUT2D eigenvalue weighted by Gasteiger charge is 2.26. The molecule has 0 radical (unpaired) electrons. The predicted octanol–water partition coefficient (Wildman–Crippen LogP) is 4.18. The lowest BCUT2D eigenvalue weighted by Crippen LogP contribution is -2.22. The van der Waals surface area contributed by atoms with Gasteiger partial charge in [-0.2, -0.15) is 0 Å². The standard InChI is InChI=1S/C14H17ClN2OS/c1-2-12-9(6-7-18-12)8-16-14-17-11-5-3-4-10(15)13(11)19-14/h3-5,9,12H,2,6-8H2,1H3,(H,16,17). The fourth-order valence-corrected chi connectivity index (χ4v) is 3.75. The highest BCUT2D eigenvalue weighted by Crippen LogP contribution is 2.32. The van der Waals surface area contributed by atoms with Gasteiger partial charge >= 0.3 is 0 Å². The Labute approximate surface area is 121 Å². The van der Waals surface area contributed by atoms with Crippen LogP contribution >= 0.6 is 22.9 Å². The Morgan fingerprint density at radius 1 is 1.53 bits per heavy atom.